The van der Waals surface area contributed by atoms with E-state index >= 15 is 0 Å². The fourth-order valence-electron chi connectivity index (χ4n) is 4.66. The summed E-state index contributed by atoms with van der Waals surface area (Å²) < 4.78 is 18.1. The summed E-state index contributed by atoms with van der Waals surface area (Å²) in [5.41, 5.74) is 4.18. The summed E-state index contributed by atoms with van der Waals surface area (Å²) in [5.74, 6) is 0.911. The Labute approximate surface area is 206 Å². The van der Waals surface area contributed by atoms with Crippen LogP contribution in [0.15, 0.2) is 54.6 Å². The number of benzene rings is 2. The smallest absolute Gasteiger partial charge is 0.310 e. The Bertz CT molecular complexity index is 1200. The Morgan fingerprint density at radius 2 is 1.74 bits per heavy atom. The highest BCUT2D eigenvalue weighted by molar-refractivity contribution is 5.97. The van der Waals surface area contributed by atoms with E-state index in [2.05, 4.69) is 4.57 Å². The first-order valence-corrected chi connectivity index (χ1v) is 11.9. The molecule has 1 aliphatic rings. The second-order valence-electron chi connectivity index (χ2n) is 8.64. The Morgan fingerprint density at radius 1 is 1.00 bits per heavy atom. The number of carbonyl (C=O) groups excluding carboxylic acids is 2. The third-order valence-corrected chi connectivity index (χ3v) is 6.50. The summed E-state index contributed by atoms with van der Waals surface area (Å²) in [6.45, 7) is 5.09. The standard InChI is InChI=1S/C28H32N2O5/c1-5-35-28(32)21-8-7-15-29(18-21)27(31)25-17-26(20-11-13-23(33-3)14-12-20)30(19(25)2)22-9-6-10-24(16-22)34-4/h6,9-14,16-17,21H,5,7-8,15,18H2,1-4H3. The SMILES string of the molecule is CCOC(=O)C1CCCN(C(=O)c2cc(-c3ccc(OC)cc3)n(-c3cccc(OC)c3)c2C)C1. The molecule has 0 N–H and O–H groups in total. The Kier molecular flexibility index (Phi) is 7.44. The van der Waals surface area contributed by atoms with Crippen molar-refractivity contribution in [2.24, 2.45) is 5.92 Å². The van der Waals surface area contributed by atoms with E-state index < -0.39 is 0 Å². The van der Waals surface area contributed by atoms with Crippen LogP contribution in [0.1, 0.15) is 35.8 Å². The van der Waals surface area contributed by atoms with Gasteiger partial charge in [0.15, 0.2) is 0 Å². The van der Waals surface area contributed by atoms with Gasteiger partial charge in [-0.1, -0.05) is 6.07 Å². The number of carbonyl (C=O) groups is 2. The second kappa shape index (κ2) is 10.7. The molecule has 2 aromatic carbocycles. The highest BCUT2D eigenvalue weighted by Gasteiger charge is 2.31. The maximum absolute atomic E-state index is 13.7. The van der Waals surface area contributed by atoms with E-state index in [9.17, 15) is 9.59 Å². The van der Waals surface area contributed by atoms with Crippen molar-refractivity contribution >= 4 is 11.9 Å². The first kappa shape index (κ1) is 24.4. The zero-order valence-corrected chi connectivity index (χ0v) is 20.7. The van der Waals surface area contributed by atoms with Crippen LogP contribution in [0.3, 0.4) is 0 Å². The zero-order chi connectivity index (χ0) is 24.9. The fraction of sp³-hybridized carbons (Fsp3) is 0.357. The molecule has 7 heteroatoms. The average Bonchev–Trinajstić information content (AvgIpc) is 3.25. The lowest BCUT2D eigenvalue weighted by atomic mass is 9.97. The molecule has 0 aliphatic carbocycles. The highest BCUT2D eigenvalue weighted by Crippen LogP contribution is 2.33. The summed E-state index contributed by atoms with van der Waals surface area (Å²) in [6, 6.07) is 17.5. The summed E-state index contributed by atoms with van der Waals surface area (Å²) in [6.07, 6.45) is 1.51. The molecule has 0 spiro atoms. The van der Waals surface area contributed by atoms with Gasteiger partial charge in [0.1, 0.15) is 11.5 Å². The molecule has 3 aromatic rings. The van der Waals surface area contributed by atoms with Crippen molar-refractivity contribution in [2.75, 3.05) is 33.9 Å². The van der Waals surface area contributed by atoms with Gasteiger partial charge in [0.2, 0.25) is 0 Å². The molecule has 1 amide bonds. The number of methoxy groups -OCH3 is 2. The summed E-state index contributed by atoms with van der Waals surface area (Å²) in [7, 11) is 3.27. The lowest BCUT2D eigenvalue weighted by molar-refractivity contribution is -0.149. The number of amides is 1. The molecule has 2 heterocycles. The number of piperidine rings is 1. The molecule has 1 saturated heterocycles. The summed E-state index contributed by atoms with van der Waals surface area (Å²) in [4.78, 5) is 27.8. The summed E-state index contributed by atoms with van der Waals surface area (Å²) in [5, 5.41) is 0. The van der Waals surface area contributed by atoms with Crippen LogP contribution < -0.4 is 9.47 Å². The van der Waals surface area contributed by atoms with Gasteiger partial charge in [-0.2, -0.15) is 0 Å². The number of likely N-dealkylation sites (tertiary alicyclic amines) is 1. The maximum Gasteiger partial charge on any atom is 0.310 e. The lowest BCUT2D eigenvalue weighted by Crippen LogP contribution is -2.43. The lowest BCUT2D eigenvalue weighted by Gasteiger charge is -2.31. The van der Waals surface area contributed by atoms with Gasteiger partial charge in [0.05, 0.1) is 38.0 Å². The van der Waals surface area contributed by atoms with Gasteiger partial charge in [-0.15, -0.1) is 0 Å². The van der Waals surface area contributed by atoms with E-state index in [1.807, 2.05) is 61.5 Å². The number of esters is 1. The zero-order valence-electron chi connectivity index (χ0n) is 20.7. The Morgan fingerprint density at radius 3 is 2.43 bits per heavy atom. The fourth-order valence-corrected chi connectivity index (χ4v) is 4.66. The molecule has 0 saturated carbocycles. The molecule has 1 unspecified atom stereocenters. The molecule has 1 aromatic heterocycles. The number of rotatable bonds is 7. The predicted octanol–water partition coefficient (Wildman–Crippen LogP) is 4.89. The number of nitrogens with zero attached hydrogens (tertiary/aromatic N) is 2. The molecule has 1 fully saturated rings. The number of hydrogen-bond acceptors (Lipinski definition) is 5. The van der Waals surface area contributed by atoms with E-state index in [1.165, 1.54) is 0 Å². The number of aromatic nitrogens is 1. The van der Waals surface area contributed by atoms with Crippen molar-refractivity contribution in [3.63, 3.8) is 0 Å². The first-order chi connectivity index (χ1) is 17.0. The van der Waals surface area contributed by atoms with Crippen LogP contribution >= 0.6 is 0 Å². The van der Waals surface area contributed by atoms with E-state index in [-0.39, 0.29) is 17.8 Å². The van der Waals surface area contributed by atoms with E-state index in [0.29, 0.717) is 25.3 Å². The first-order valence-electron chi connectivity index (χ1n) is 11.9. The quantitative estimate of drug-likeness (QED) is 0.455. The van der Waals surface area contributed by atoms with E-state index in [4.69, 9.17) is 14.2 Å². The van der Waals surface area contributed by atoms with E-state index in [1.54, 1.807) is 26.0 Å². The average molecular weight is 477 g/mol. The molecule has 7 nitrogen and oxygen atoms in total. The summed E-state index contributed by atoms with van der Waals surface area (Å²) >= 11 is 0. The molecule has 1 atom stereocenters. The van der Waals surface area contributed by atoms with Crippen LogP contribution in [0.4, 0.5) is 0 Å². The van der Waals surface area contributed by atoms with Gasteiger partial charge in [0, 0.05) is 30.5 Å². The van der Waals surface area contributed by atoms with Crippen LogP contribution in [-0.2, 0) is 9.53 Å². The third-order valence-electron chi connectivity index (χ3n) is 6.50. The van der Waals surface area contributed by atoms with Crippen LogP contribution in [0, 0.1) is 12.8 Å². The Balaban J connectivity index is 1.75. The van der Waals surface area contributed by atoms with Gasteiger partial charge >= 0.3 is 5.97 Å². The highest BCUT2D eigenvalue weighted by atomic mass is 16.5. The van der Waals surface area contributed by atoms with Gasteiger partial charge in [-0.25, -0.2) is 0 Å². The minimum Gasteiger partial charge on any atom is -0.497 e. The minimum atomic E-state index is -0.283. The monoisotopic (exact) mass is 476 g/mol. The molecule has 35 heavy (non-hydrogen) atoms. The Hall–Kier alpha value is -3.74. The van der Waals surface area contributed by atoms with Crippen LogP contribution in [0.2, 0.25) is 0 Å². The van der Waals surface area contributed by atoms with Gasteiger partial charge in [-0.05, 0) is 74.7 Å². The number of ether oxygens (including phenoxy) is 3. The second-order valence-corrected chi connectivity index (χ2v) is 8.64. The molecule has 1 aliphatic heterocycles. The molecule has 0 radical (unpaired) electrons. The van der Waals surface area contributed by atoms with Crippen molar-refractivity contribution in [3.8, 4) is 28.4 Å². The number of hydrogen-bond donors (Lipinski definition) is 0. The van der Waals surface area contributed by atoms with E-state index in [0.717, 1.165) is 47.0 Å². The minimum absolute atomic E-state index is 0.0760. The molecular weight excluding hydrogens is 444 g/mol. The van der Waals surface area contributed by atoms with Crippen molar-refractivity contribution < 1.29 is 23.8 Å². The molecule has 184 valence electrons. The van der Waals surface area contributed by atoms with Gasteiger partial charge in [-0.3, -0.25) is 9.59 Å². The van der Waals surface area contributed by atoms with Crippen LogP contribution in [-0.4, -0.2) is 55.3 Å². The van der Waals surface area contributed by atoms with Crippen LogP contribution in [0.5, 0.6) is 11.5 Å². The third kappa shape index (κ3) is 5.04. The molecule has 0 bridgehead atoms. The van der Waals surface area contributed by atoms with Gasteiger partial charge in [0.25, 0.3) is 5.91 Å². The molecular formula is C28H32N2O5. The topological polar surface area (TPSA) is 70.0 Å². The molecule has 4 rings (SSSR count). The normalized spacial score (nSPS) is 15.5. The van der Waals surface area contributed by atoms with Crippen LogP contribution in [0.25, 0.3) is 16.9 Å². The van der Waals surface area contributed by atoms with Crippen molar-refractivity contribution in [2.45, 2.75) is 26.7 Å². The largest absolute Gasteiger partial charge is 0.497 e. The van der Waals surface area contributed by atoms with Crippen molar-refractivity contribution in [1.29, 1.82) is 0 Å². The maximum atomic E-state index is 13.7. The van der Waals surface area contributed by atoms with Crippen molar-refractivity contribution in [1.82, 2.24) is 9.47 Å². The predicted molar refractivity (Wildman–Crippen MR) is 134 cm³/mol. The van der Waals surface area contributed by atoms with Crippen molar-refractivity contribution in [3.05, 3.63) is 65.9 Å². The van der Waals surface area contributed by atoms with Gasteiger partial charge < -0.3 is 23.7 Å².